The zero-order chi connectivity index (χ0) is 24.3. The topological polar surface area (TPSA) is 116 Å². The highest BCUT2D eigenvalue weighted by Gasteiger charge is 2.38. The fourth-order valence-electron chi connectivity index (χ4n) is 4.76. The fraction of sp³-hybridized carbons (Fsp3) is 0.320. The van der Waals surface area contributed by atoms with Gasteiger partial charge in [-0.3, -0.25) is 19.7 Å². The first-order chi connectivity index (χ1) is 16.4. The van der Waals surface area contributed by atoms with E-state index in [1.54, 1.807) is 26.2 Å². The van der Waals surface area contributed by atoms with Crippen LogP contribution in [0, 0.1) is 17.0 Å². The average molecular weight is 463 g/mol. The molecule has 4 rings (SSSR count). The Balaban J connectivity index is 1.66. The van der Waals surface area contributed by atoms with Gasteiger partial charge in [-0.05, 0) is 31.9 Å². The molecule has 0 aliphatic heterocycles. The minimum atomic E-state index is -0.612. The lowest BCUT2D eigenvalue weighted by molar-refractivity contribution is -0.384. The zero-order valence-electron chi connectivity index (χ0n) is 19.1. The maximum Gasteiger partial charge on any atom is 0.294 e. The van der Waals surface area contributed by atoms with Gasteiger partial charge in [-0.15, -0.1) is 0 Å². The Morgan fingerprint density at radius 2 is 1.85 bits per heavy atom. The smallest absolute Gasteiger partial charge is 0.294 e. The van der Waals surface area contributed by atoms with E-state index in [1.807, 2.05) is 24.3 Å². The maximum absolute atomic E-state index is 13.1. The number of nitro groups is 1. The maximum atomic E-state index is 13.1. The van der Waals surface area contributed by atoms with Gasteiger partial charge in [-0.2, -0.15) is 5.10 Å². The number of nitrogens with zero attached hydrogens (tertiary/aromatic N) is 3. The van der Waals surface area contributed by atoms with E-state index in [4.69, 9.17) is 4.74 Å². The van der Waals surface area contributed by atoms with Gasteiger partial charge in [0.2, 0.25) is 5.43 Å². The normalized spacial score (nSPS) is 14.5. The second-order valence-electron chi connectivity index (χ2n) is 8.53. The predicted octanol–water partition coefficient (Wildman–Crippen LogP) is 3.70. The van der Waals surface area contributed by atoms with Gasteiger partial charge in [0.05, 0.1) is 12.0 Å². The molecule has 1 aliphatic rings. The van der Waals surface area contributed by atoms with Gasteiger partial charge in [-0.25, -0.2) is 4.68 Å². The van der Waals surface area contributed by atoms with Crippen LogP contribution in [0.25, 0.3) is 5.69 Å². The lowest BCUT2D eigenvalue weighted by Crippen LogP contribution is -2.41. The van der Waals surface area contributed by atoms with Gasteiger partial charge in [-0.1, -0.05) is 43.2 Å². The number of aromatic nitrogens is 2. The third kappa shape index (κ3) is 4.28. The molecule has 3 aromatic rings. The van der Waals surface area contributed by atoms with E-state index >= 15 is 0 Å². The Labute approximate surface area is 196 Å². The van der Waals surface area contributed by atoms with Crippen molar-refractivity contribution in [2.24, 2.45) is 0 Å². The highest BCUT2D eigenvalue weighted by molar-refractivity contribution is 5.92. The van der Waals surface area contributed by atoms with Crippen molar-refractivity contribution in [1.82, 2.24) is 15.1 Å². The number of methoxy groups -OCH3 is 1. The van der Waals surface area contributed by atoms with E-state index in [0.29, 0.717) is 12.2 Å². The summed E-state index contributed by atoms with van der Waals surface area (Å²) in [4.78, 5) is 36.7. The quantitative estimate of drug-likeness (QED) is 0.423. The van der Waals surface area contributed by atoms with Gasteiger partial charge >= 0.3 is 0 Å². The molecule has 0 bridgehead atoms. The SMILES string of the molecule is COc1ccccc1C1(CNC(=O)c2nn(-c3ccccc3[N+](=O)[O-])c(C)cc2=O)CCCC1. The molecule has 9 heteroatoms. The van der Waals surface area contributed by atoms with E-state index < -0.39 is 16.3 Å². The van der Waals surface area contributed by atoms with Crippen LogP contribution in [0.4, 0.5) is 5.69 Å². The predicted molar refractivity (Wildman–Crippen MR) is 127 cm³/mol. The second kappa shape index (κ2) is 9.46. The summed E-state index contributed by atoms with van der Waals surface area (Å²) in [7, 11) is 1.63. The van der Waals surface area contributed by atoms with Crippen molar-refractivity contribution in [3.63, 3.8) is 0 Å². The Morgan fingerprint density at radius 3 is 2.56 bits per heavy atom. The number of carbonyl (C=O) groups excluding carboxylic acids is 1. The van der Waals surface area contributed by atoms with Crippen LogP contribution in [0.1, 0.15) is 47.4 Å². The lowest BCUT2D eigenvalue weighted by atomic mass is 9.78. The summed E-state index contributed by atoms with van der Waals surface area (Å²) < 4.78 is 6.83. The average Bonchev–Trinajstić information content (AvgIpc) is 3.32. The number of rotatable bonds is 7. The number of hydrogen-bond acceptors (Lipinski definition) is 6. The van der Waals surface area contributed by atoms with Gasteiger partial charge in [0.1, 0.15) is 11.4 Å². The Bertz CT molecular complexity index is 1290. The van der Waals surface area contributed by atoms with Crippen LogP contribution < -0.4 is 15.5 Å². The molecular formula is C25H26N4O5. The monoisotopic (exact) mass is 462 g/mol. The Kier molecular flexibility index (Phi) is 6.45. The summed E-state index contributed by atoms with van der Waals surface area (Å²) in [6.07, 6.45) is 3.83. The summed E-state index contributed by atoms with van der Waals surface area (Å²) in [5, 5.41) is 18.6. The van der Waals surface area contributed by atoms with Crippen LogP contribution >= 0.6 is 0 Å². The van der Waals surface area contributed by atoms with Crippen LogP contribution in [-0.4, -0.2) is 34.3 Å². The molecule has 2 aromatic carbocycles. The van der Waals surface area contributed by atoms with Crippen molar-refractivity contribution < 1.29 is 14.5 Å². The number of para-hydroxylation sites is 3. The molecule has 1 fully saturated rings. The molecule has 34 heavy (non-hydrogen) atoms. The van der Waals surface area contributed by atoms with E-state index in [2.05, 4.69) is 10.4 Å². The number of benzene rings is 2. The van der Waals surface area contributed by atoms with E-state index in [-0.39, 0.29) is 22.5 Å². The summed E-state index contributed by atoms with van der Waals surface area (Å²) >= 11 is 0. The van der Waals surface area contributed by atoms with E-state index in [9.17, 15) is 19.7 Å². The first kappa shape index (κ1) is 23.2. The van der Waals surface area contributed by atoms with E-state index in [1.165, 1.54) is 22.9 Å². The van der Waals surface area contributed by atoms with Crippen molar-refractivity contribution >= 4 is 11.6 Å². The van der Waals surface area contributed by atoms with Gasteiger partial charge in [0.25, 0.3) is 11.6 Å². The molecule has 1 saturated carbocycles. The third-order valence-electron chi connectivity index (χ3n) is 6.46. The number of nitro benzene ring substituents is 1. The Morgan fingerprint density at radius 1 is 1.18 bits per heavy atom. The summed E-state index contributed by atoms with van der Waals surface area (Å²) in [6.45, 7) is 1.94. The summed E-state index contributed by atoms with van der Waals surface area (Å²) in [6, 6.07) is 15.1. The number of amides is 1. The van der Waals surface area contributed by atoms with Crippen LogP contribution in [0.3, 0.4) is 0 Å². The standard InChI is InChI=1S/C25H26N4O5/c1-17-15-21(30)23(27-28(17)19-10-4-5-11-20(19)29(32)33)24(31)26-16-25(13-7-8-14-25)18-9-3-6-12-22(18)34-2/h3-6,9-12,15H,7-8,13-14,16H2,1-2H3,(H,26,31). The second-order valence-corrected chi connectivity index (χ2v) is 8.53. The first-order valence-corrected chi connectivity index (χ1v) is 11.1. The fourth-order valence-corrected chi connectivity index (χ4v) is 4.76. The van der Waals surface area contributed by atoms with Crippen LogP contribution in [0.5, 0.6) is 5.75 Å². The largest absolute Gasteiger partial charge is 0.496 e. The number of ether oxygens (including phenoxy) is 1. The summed E-state index contributed by atoms with van der Waals surface area (Å²) in [5.41, 5.74) is 0.278. The van der Waals surface area contributed by atoms with E-state index in [0.717, 1.165) is 37.0 Å². The first-order valence-electron chi connectivity index (χ1n) is 11.1. The molecule has 0 saturated heterocycles. The highest BCUT2D eigenvalue weighted by Crippen LogP contribution is 2.44. The number of aryl methyl sites for hydroxylation is 1. The third-order valence-corrected chi connectivity index (χ3v) is 6.46. The van der Waals surface area contributed by atoms with Crippen LogP contribution in [-0.2, 0) is 5.41 Å². The lowest BCUT2D eigenvalue weighted by Gasteiger charge is -2.31. The van der Waals surface area contributed by atoms with Crippen molar-refractivity contribution in [2.75, 3.05) is 13.7 Å². The molecule has 176 valence electrons. The van der Waals surface area contributed by atoms with Crippen LogP contribution in [0.15, 0.2) is 59.4 Å². The molecule has 1 heterocycles. The molecule has 1 amide bonds. The highest BCUT2D eigenvalue weighted by atomic mass is 16.6. The molecule has 1 aliphatic carbocycles. The molecule has 0 atom stereocenters. The molecule has 1 N–H and O–H groups in total. The van der Waals surface area contributed by atoms with Crippen molar-refractivity contribution in [3.8, 4) is 11.4 Å². The summed E-state index contributed by atoms with van der Waals surface area (Å²) in [5.74, 6) is 0.157. The Hall–Kier alpha value is -4.01. The number of nitrogens with one attached hydrogen (secondary N) is 1. The molecule has 9 nitrogen and oxygen atoms in total. The van der Waals surface area contributed by atoms with Gasteiger partial charge < -0.3 is 10.1 Å². The zero-order valence-corrected chi connectivity index (χ0v) is 19.1. The number of hydrogen-bond donors (Lipinski definition) is 1. The van der Waals surface area contributed by atoms with Crippen molar-refractivity contribution in [2.45, 2.75) is 38.0 Å². The minimum absolute atomic E-state index is 0.172. The van der Waals surface area contributed by atoms with Gasteiger partial charge in [0.15, 0.2) is 5.69 Å². The van der Waals surface area contributed by atoms with Crippen molar-refractivity contribution in [3.05, 3.63) is 91.9 Å². The molecule has 0 unspecified atom stereocenters. The molecule has 0 radical (unpaired) electrons. The minimum Gasteiger partial charge on any atom is -0.496 e. The van der Waals surface area contributed by atoms with Gasteiger partial charge in [0, 0.05) is 35.3 Å². The van der Waals surface area contributed by atoms with Crippen molar-refractivity contribution in [1.29, 1.82) is 0 Å². The molecular weight excluding hydrogens is 436 g/mol. The molecule has 0 spiro atoms. The molecule has 1 aromatic heterocycles. The van der Waals surface area contributed by atoms with Crippen LogP contribution in [0.2, 0.25) is 0 Å². The number of carbonyl (C=O) groups is 1.